The standard InChI is InChI=1S/C14H21N3O/c1-11-5-3-4-6-13(11)17-9-7-16(8-10-17)12(2)14(15)18/h3-6,12H,7-10H2,1-2H3,(H2,15,18)/t12-/m0/s1. The lowest BCUT2D eigenvalue weighted by atomic mass is 10.1. The van der Waals surface area contributed by atoms with Crippen molar-refractivity contribution in [3.05, 3.63) is 29.8 Å². The molecule has 18 heavy (non-hydrogen) atoms. The van der Waals surface area contributed by atoms with Crippen LogP contribution in [0.4, 0.5) is 5.69 Å². The van der Waals surface area contributed by atoms with Gasteiger partial charge in [0.15, 0.2) is 0 Å². The fourth-order valence-corrected chi connectivity index (χ4v) is 2.45. The third-order valence-corrected chi connectivity index (χ3v) is 3.73. The van der Waals surface area contributed by atoms with Crippen molar-refractivity contribution >= 4 is 11.6 Å². The Morgan fingerprint density at radius 1 is 1.22 bits per heavy atom. The summed E-state index contributed by atoms with van der Waals surface area (Å²) in [6.07, 6.45) is 0. The molecule has 1 atom stereocenters. The summed E-state index contributed by atoms with van der Waals surface area (Å²) in [5.41, 5.74) is 7.94. The minimum atomic E-state index is -0.237. The maximum atomic E-state index is 11.2. The molecule has 4 heteroatoms. The van der Waals surface area contributed by atoms with Gasteiger partial charge in [0.25, 0.3) is 0 Å². The lowest BCUT2D eigenvalue weighted by molar-refractivity contribution is -0.122. The van der Waals surface area contributed by atoms with Gasteiger partial charge in [0.05, 0.1) is 6.04 Å². The summed E-state index contributed by atoms with van der Waals surface area (Å²) in [6, 6.07) is 8.25. The van der Waals surface area contributed by atoms with Gasteiger partial charge >= 0.3 is 0 Å². The van der Waals surface area contributed by atoms with Crippen LogP contribution in [0.3, 0.4) is 0 Å². The number of carbonyl (C=O) groups excluding carboxylic acids is 1. The van der Waals surface area contributed by atoms with E-state index in [1.165, 1.54) is 11.3 Å². The van der Waals surface area contributed by atoms with Crippen LogP contribution in [-0.2, 0) is 4.79 Å². The Bertz CT molecular complexity index is 425. The fraction of sp³-hybridized carbons (Fsp3) is 0.500. The molecule has 1 aliphatic rings. The Morgan fingerprint density at radius 2 is 1.83 bits per heavy atom. The monoisotopic (exact) mass is 247 g/mol. The Morgan fingerprint density at radius 3 is 2.39 bits per heavy atom. The molecule has 1 aliphatic heterocycles. The number of amides is 1. The Labute approximate surface area is 108 Å². The quantitative estimate of drug-likeness (QED) is 0.866. The molecule has 4 nitrogen and oxygen atoms in total. The van der Waals surface area contributed by atoms with Gasteiger partial charge in [-0.3, -0.25) is 9.69 Å². The van der Waals surface area contributed by atoms with Crippen LogP contribution in [0.5, 0.6) is 0 Å². The van der Waals surface area contributed by atoms with Crippen molar-refractivity contribution in [3.63, 3.8) is 0 Å². The molecule has 1 amide bonds. The van der Waals surface area contributed by atoms with E-state index in [1.54, 1.807) is 0 Å². The number of anilines is 1. The van der Waals surface area contributed by atoms with E-state index in [0.29, 0.717) is 0 Å². The molecule has 1 fully saturated rings. The lowest BCUT2D eigenvalue weighted by Gasteiger charge is -2.38. The van der Waals surface area contributed by atoms with E-state index < -0.39 is 0 Å². The largest absolute Gasteiger partial charge is 0.369 e. The highest BCUT2D eigenvalue weighted by atomic mass is 16.1. The summed E-state index contributed by atoms with van der Waals surface area (Å²) in [7, 11) is 0. The fourth-order valence-electron chi connectivity index (χ4n) is 2.45. The van der Waals surface area contributed by atoms with Crippen LogP contribution in [-0.4, -0.2) is 43.0 Å². The molecular formula is C14H21N3O. The Balaban J connectivity index is 1.99. The van der Waals surface area contributed by atoms with Crippen LogP contribution < -0.4 is 10.6 Å². The Hall–Kier alpha value is -1.55. The van der Waals surface area contributed by atoms with Gasteiger partial charge in [-0.2, -0.15) is 0 Å². The number of primary amides is 1. The normalized spacial score (nSPS) is 18.7. The third-order valence-electron chi connectivity index (χ3n) is 3.73. The summed E-state index contributed by atoms with van der Waals surface area (Å²) in [6.45, 7) is 7.68. The summed E-state index contributed by atoms with van der Waals surface area (Å²) >= 11 is 0. The zero-order valence-corrected chi connectivity index (χ0v) is 11.1. The third kappa shape index (κ3) is 2.64. The van der Waals surface area contributed by atoms with Crippen molar-refractivity contribution in [1.82, 2.24) is 4.90 Å². The zero-order chi connectivity index (χ0) is 13.1. The molecule has 0 aromatic heterocycles. The van der Waals surface area contributed by atoms with E-state index in [-0.39, 0.29) is 11.9 Å². The second-order valence-corrected chi connectivity index (χ2v) is 4.89. The number of hydrogen-bond donors (Lipinski definition) is 1. The SMILES string of the molecule is Cc1ccccc1N1CCN([C@@H](C)C(N)=O)CC1. The second kappa shape index (κ2) is 5.40. The Kier molecular flexibility index (Phi) is 3.87. The molecule has 1 heterocycles. The molecule has 2 N–H and O–H groups in total. The van der Waals surface area contributed by atoms with Crippen molar-refractivity contribution in [1.29, 1.82) is 0 Å². The number of piperazine rings is 1. The molecule has 1 aromatic carbocycles. The predicted octanol–water partition coefficient (Wildman–Crippen LogP) is 0.991. The van der Waals surface area contributed by atoms with Crippen LogP contribution in [0.1, 0.15) is 12.5 Å². The molecule has 0 radical (unpaired) electrons. The van der Waals surface area contributed by atoms with Crippen LogP contribution in [0.15, 0.2) is 24.3 Å². The molecule has 0 unspecified atom stereocenters. The maximum absolute atomic E-state index is 11.2. The van der Waals surface area contributed by atoms with Gasteiger partial charge in [0, 0.05) is 31.9 Å². The molecule has 1 aromatic rings. The maximum Gasteiger partial charge on any atom is 0.234 e. The number of nitrogens with two attached hydrogens (primary N) is 1. The van der Waals surface area contributed by atoms with Gasteiger partial charge < -0.3 is 10.6 Å². The summed E-state index contributed by atoms with van der Waals surface area (Å²) in [5.74, 6) is -0.237. The number of rotatable bonds is 3. The van der Waals surface area contributed by atoms with Crippen molar-refractivity contribution < 1.29 is 4.79 Å². The first-order chi connectivity index (χ1) is 8.59. The first-order valence-corrected chi connectivity index (χ1v) is 6.43. The highest BCUT2D eigenvalue weighted by Gasteiger charge is 2.24. The minimum absolute atomic E-state index is 0.163. The number of para-hydroxylation sites is 1. The van der Waals surface area contributed by atoms with Crippen molar-refractivity contribution in [2.45, 2.75) is 19.9 Å². The zero-order valence-electron chi connectivity index (χ0n) is 11.1. The van der Waals surface area contributed by atoms with E-state index in [4.69, 9.17) is 5.73 Å². The van der Waals surface area contributed by atoms with Crippen molar-refractivity contribution in [3.8, 4) is 0 Å². The van der Waals surface area contributed by atoms with Crippen LogP contribution in [0, 0.1) is 6.92 Å². The average Bonchev–Trinajstić information content (AvgIpc) is 2.38. The highest BCUT2D eigenvalue weighted by molar-refractivity contribution is 5.79. The summed E-state index contributed by atoms with van der Waals surface area (Å²) < 4.78 is 0. The van der Waals surface area contributed by atoms with Crippen molar-refractivity contribution in [2.75, 3.05) is 31.1 Å². The van der Waals surface area contributed by atoms with E-state index in [9.17, 15) is 4.79 Å². The summed E-state index contributed by atoms with van der Waals surface area (Å²) in [5, 5.41) is 0. The molecular weight excluding hydrogens is 226 g/mol. The number of carbonyl (C=O) groups is 1. The minimum Gasteiger partial charge on any atom is -0.369 e. The predicted molar refractivity (Wildman–Crippen MR) is 73.6 cm³/mol. The number of nitrogens with zero attached hydrogens (tertiary/aromatic N) is 2. The first-order valence-electron chi connectivity index (χ1n) is 6.43. The molecule has 0 spiro atoms. The number of hydrogen-bond acceptors (Lipinski definition) is 3. The van der Waals surface area contributed by atoms with E-state index in [0.717, 1.165) is 26.2 Å². The van der Waals surface area contributed by atoms with Gasteiger partial charge in [-0.25, -0.2) is 0 Å². The van der Waals surface area contributed by atoms with E-state index in [1.807, 2.05) is 6.92 Å². The topological polar surface area (TPSA) is 49.6 Å². The molecule has 0 aliphatic carbocycles. The smallest absolute Gasteiger partial charge is 0.234 e. The highest BCUT2D eigenvalue weighted by Crippen LogP contribution is 2.21. The summed E-state index contributed by atoms with van der Waals surface area (Å²) in [4.78, 5) is 15.7. The molecule has 2 rings (SSSR count). The van der Waals surface area contributed by atoms with Crippen LogP contribution in [0.25, 0.3) is 0 Å². The van der Waals surface area contributed by atoms with Crippen LogP contribution in [0.2, 0.25) is 0 Å². The lowest BCUT2D eigenvalue weighted by Crippen LogP contribution is -2.53. The number of benzene rings is 1. The first kappa shape index (κ1) is 12.9. The molecule has 0 saturated carbocycles. The van der Waals surface area contributed by atoms with Gasteiger partial charge in [-0.1, -0.05) is 18.2 Å². The number of aryl methyl sites for hydroxylation is 1. The van der Waals surface area contributed by atoms with Gasteiger partial charge in [0.1, 0.15) is 0 Å². The molecule has 1 saturated heterocycles. The van der Waals surface area contributed by atoms with E-state index in [2.05, 4.69) is 41.0 Å². The second-order valence-electron chi connectivity index (χ2n) is 4.89. The average molecular weight is 247 g/mol. The van der Waals surface area contributed by atoms with E-state index >= 15 is 0 Å². The van der Waals surface area contributed by atoms with Crippen LogP contribution >= 0.6 is 0 Å². The molecule has 98 valence electrons. The molecule has 0 bridgehead atoms. The van der Waals surface area contributed by atoms with Gasteiger partial charge in [-0.15, -0.1) is 0 Å². The van der Waals surface area contributed by atoms with Gasteiger partial charge in [0.2, 0.25) is 5.91 Å². The van der Waals surface area contributed by atoms with Crippen molar-refractivity contribution in [2.24, 2.45) is 5.73 Å². The van der Waals surface area contributed by atoms with Gasteiger partial charge in [-0.05, 0) is 25.5 Å².